The minimum Gasteiger partial charge on any atom is -0.381 e. The van der Waals surface area contributed by atoms with Gasteiger partial charge in [0.25, 0.3) is 5.91 Å². The van der Waals surface area contributed by atoms with Crippen molar-refractivity contribution in [2.24, 2.45) is 5.92 Å². The highest BCUT2D eigenvalue weighted by molar-refractivity contribution is 7.71. The summed E-state index contributed by atoms with van der Waals surface area (Å²) in [5.74, 6) is 0.242. The van der Waals surface area contributed by atoms with Crippen LogP contribution in [0.1, 0.15) is 23.8 Å². The molecular formula is C16H19N3O2S. The van der Waals surface area contributed by atoms with E-state index in [-0.39, 0.29) is 11.9 Å². The Morgan fingerprint density at radius 2 is 2.23 bits per heavy atom. The van der Waals surface area contributed by atoms with Crippen molar-refractivity contribution in [1.29, 1.82) is 0 Å². The molecule has 22 heavy (non-hydrogen) atoms. The van der Waals surface area contributed by atoms with Gasteiger partial charge in [0, 0.05) is 30.5 Å². The fourth-order valence-corrected chi connectivity index (χ4v) is 2.98. The minimum absolute atomic E-state index is 0.0719. The van der Waals surface area contributed by atoms with Gasteiger partial charge < -0.3 is 15.0 Å². The number of aromatic nitrogens is 2. The number of nitrogens with one attached hydrogen (secondary N) is 2. The maximum absolute atomic E-state index is 12.6. The Kier molecular flexibility index (Phi) is 4.40. The number of ether oxygens (including phenoxy) is 1. The molecule has 3 rings (SSSR count). The SMILES string of the molecule is C[C@H](NC(=O)c1c[nH]c(=S)n1-c1ccccc1)[C@@H]1CCOC1. The van der Waals surface area contributed by atoms with Crippen LogP contribution in [0.4, 0.5) is 0 Å². The third-order valence-electron chi connectivity index (χ3n) is 4.05. The van der Waals surface area contributed by atoms with Crippen LogP contribution >= 0.6 is 12.2 Å². The first-order valence-corrected chi connectivity index (χ1v) is 7.82. The van der Waals surface area contributed by atoms with Crippen molar-refractivity contribution in [3.05, 3.63) is 47.0 Å². The van der Waals surface area contributed by atoms with E-state index in [4.69, 9.17) is 17.0 Å². The standard InChI is InChI=1S/C16H19N3O2S/c1-11(12-7-8-21-10-12)18-15(20)14-9-17-16(22)19(14)13-5-3-2-4-6-13/h2-6,9,11-12H,7-8,10H2,1H3,(H,17,22)(H,18,20)/t11-,12+/m0/s1. The van der Waals surface area contributed by atoms with Crippen LogP contribution in [-0.2, 0) is 4.74 Å². The molecule has 0 bridgehead atoms. The van der Waals surface area contributed by atoms with Crippen LogP contribution in [0.15, 0.2) is 36.5 Å². The topological polar surface area (TPSA) is 59.0 Å². The first-order valence-electron chi connectivity index (χ1n) is 7.41. The van der Waals surface area contributed by atoms with Crippen LogP contribution in [0.3, 0.4) is 0 Å². The Morgan fingerprint density at radius 1 is 1.45 bits per heavy atom. The molecule has 2 aromatic rings. The van der Waals surface area contributed by atoms with Crippen LogP contribution in [0, 0.1) is 10.7 Å². The van der Waals surface area contributed by atoms with Crippen molar-refractivity contribution in [2.45, 2.75) is 19.4 Å². The zero-order valence-corrected chi connectivity index (χ0v) is 13.2. The highest BCUT2D eigenvalue weighted by Gasteiger charge is 2.25. The number of carbonyl (C=O) groups excluding carboxylic acids is 1. The first-order chi connectivity index (χ1) is 10.7. The lowest BCUT2D eigenvalue weighted by molar-refractivity contribution is 0.0915. The molecule has 0 saturated carbocycles. The molecule has 0 unspecified atom stereocenters. The summed E-state index contributed by atoms with van der Waals surface area (Å²) < 4.78 is 7.64. The van der Waals surface area contributed by atoms with E-state index in [2.05, 4.69) is 10.3 Å². The minimum atomic E-state index is -0.129. The summed E-state index contributed by atoms with van der Waals surface area (Å²) in [4.78, 5) is 15.5. The summed E-state index contributed by atoms with van der Waals surface area (Å²) in [6.45, 7) is 3.50. The molecule has 1 fully saturated rings. The van der Waals surface area contributed by atoms with Gasteiger partial charge in [-0.15, -0.1) is 0 Å². The van der Waals surface area contributed by atoms with Gasteiger partial charge in [0.2, 0.25) is 0 Å². The number of hydrogen-bond donors (Lipinski definition) is 2. The van der Waals surface area contributed by atoms with E-state index in [1.54, 1.807) is 10.8 Å². The van der Waals surface area contributed by atoms with E-state index in [9.17, 15) is 4.79 Å². The quantitative estimate of drug-likeness (QED) is 0.853. The number of amides is 1. The Labute approximate surface area is 134 Å². The molecule has 116 valence electrons. The van der Waals surface area contributed by atoms with Crippen molar-refractivity contribution >= 4 is 18.1 Å². The predicted molar refractivity (Wildman–Crippen MR) is 86.8 cm³/mol. The maximum atomic E-state index is 12.6. The van der Waals surface area contributed by atoms with E-state index in [0.29, 0.717) is 23.0 Å². The molecule has 6 heteroatoms. The maximum Gasteiger partial charge on any atom is 0.270 e. The molecule has 1 saturated heterocycles. The van der Waals surface area contributed by atoms with Crippen molar-refractivity contribution in [3.63, 3.8) is 0 Å². The number of para-hydroxylation sites is 1. The van der Waals surface area contributed by atoms with E-state index in [1.807, 2.05) is 37.3 Å². The van der Waals surface area contributed by atoms with Crippen LogP contribution in [0.2, 0.25) is 0 Å². The van der Waals surface area contributed by atoms with Gasteiger partial charge >= 0.3 is 0 Å². The van der Waals surface area contributed by atoms with Crippen molar-refractivity contribution in [3.8, 4) is 5.69 Å². The monoisotopic (exact) mass is 317 g/mol. The van der Waals surface area contributed by atoms with Gasteiger partial charge in [-0.3, -0.25) is 9.36 Å². The number of hydrogen-bond acceptors (Lipinski definition) is 3. The second-order valence-corrected chi connectivity index (χ2v) is 5.92. The van der Waals surface area contributed by atoms with Crippen molar-refractivity contribution < 1.29 is 9.53 Å². The average molecular weight is 317 g/mol. The fourth-order valence-electron chi connectivity index (χ4n) is 2.71. The normalized spacial score (nSPS) is 19.0. The second-order valence-electron chi connectivity index (χ2n) is 5.54. The smallest absolute Gasteiger partial charge is 0.270 e. The van der Waals surface area contributed by atoms with Crippen molar-refractivity contribution in [2.75, 3.05) is 13.2 Å². The lowest BCUT2D eigenvalue weighted by atomic mass is 10.0. The van der Waals surface area contributed by atoms with E-state index >= 15 is 0 Å². The first kappa shape index (κ1) is 15.0. The molecule has 0 radical (unpaired) electrons. The molecule has 1 aromatic heterocycles. The highest BCUT2D eigenvalue weighted by Crippen LogP contribution is 2.18. The third-order valence-corrected chi connectivity index (χ3v) is 4.35. The van der Waals surface area contributed by atoms with Gasteiger partial charge in [-0.25, -0.2) is 0 Å². The number of carbonyl (C=O) groups is 1. The van der Waals surface area contributed by atoms with Crippen LogP contribution in [0.5, 0.6) is 0 Å². The lowest BCUT2D eigenvalue weighted by Crippen LogP contribution is -2.39. The van der Waals surface area contributed by atoms with Gasteiger partial charge in [0.05, 0.1) is 6.61 Å². The van der Waals surface area contributed by atoms with Crippen LogP contribution < -0.4 is 5.32 Å². The third kappa shape index (κ3) is 2.98. The Balaban J connectivity index is 1.83. The number of H-pyrrole nitrogens is 1. The molecule has 5 nitrogen and oxygen atoms in total. The number of nitrogens with zero attached hydrogens (tertiary/aromatic N) is 1. The summed E-state index contributed by atoms with van der Waals surface area (Å²) >= 11 is 5.30. The van der Waals surface area contributed by atoms with Crippen LogP contribution in [0.25, 0.3) is 5.69 Å². The Morgan fingerprint density at radius 3 is 2.91 bits per heavy atom. The van der Waals surface area contributed by atoms with Gasteiger partial charge in [-0.1, -0.05) is 18.2 Å². The molecule has 0 aliphatic carbocycles. The molecule has 0 spiro atoms. The Bertz CT molecular complexity index is 702. The van der Waals surface area contributed by atoms with Gasteiger partial charge in [0.15, 0.2) is 4.77 Å². The Hall–Kier alpha value is -1.92. The average Bonchev–Trinajstić information content (AvgIpc) is 3.17. The number of aromatic amines is 1. The zero-order valence-electron chi connectivity index (χ0n) is 12.4. The summed E-state index contributed by atoms with van der Waals surface area (Å²) in [6.07, 6.45) is 2.64. The van der Waals surface area contributed by atoms with E-state index in [1.165, 1.54) is 0 Å². The van der Waals surface area contributed by atoms with Crippen LogP contribution in [-0.4, -0.2) is 34.7 Å². The van der Waals surface area contributed by atoms with Gasteiger partial charge in [-0.2, -0.15) is 0 Å². The molecule has 2 atom stereocenters. The highest BCUT2D eigenvalue weighted by atomic mass is 32.1. The summed E-state index contributed by atoms with van der Waals surface area (Å²) in [5.41, 5.74) is 1.39. The lowest BCUT2D eigenvalue weighted by Gasteiger charge is -2.19. The van der Waals surface area contributed by atoms with E-state index in [0.717, 1.165) is 18.7 Å². The molecule has 2 heterocycles. The molecular weight excluding hydrogens is 298 g/mol. The number of imidazole rings is 1. The zero-order chi connectivity index (χ0) is 15.5. The molecule has 2 N–H and O–H groups in total. The fraction of sp³-hybridized carbons (Fsp3) is 0.375. The summed E-state index contributed by atoms with van der Waals surface area (Å²) in [7, 11) is 0. The predicted octanol–water partition coefficient (Wildman–Crippen LogP) is 2.69. The number of rotatable bonds is 4. The van der Waals surface area contributed by atoms with Gasteiger partial charge in [0.1, 0.15) is 5.69 Å². The van der Waals surface area contributed by atoms with E-state index < -0.39 is 0 Å². The summed E-state index contributed by atoms with van der Waals surface area (Å²) in [5, 5.41) is 3.06. The molecule has 1 amide bonds. The molecule has 1 aromatic carbocycles. The second kappa shape index (κ2) is 6.46. The van der Waals surface area contributed by atoms with Gasteiger partial charge in [-0.05, 0) is 37.7 Å². The molecule has 1 aliphatic heterocycles. The summed E-state index contributed by atoms with van der Waals surface area (Å²) in [6, 6.07) is 9.70. The number of benzene rings is 1. The molecule has 1 aliphatic rings. The largest absolute Gasteiger partial charge is 0.381 e. The van der Waals surface area contributed by atoms with Crippen molar-refractivity contribution in [1.82, 2.24) is 14.9 Å².